The standard InChI is InChI=1S/C9H8F3N/c10-9(11,12)6-3-1-2-5-4-7(13)8(5)6/h1-3,7H,4,13H2. The molecule has 1 atom stereocenters. The van der Waals surface area contributed by atoms with Crippen LogP contribution in [0.25, 0.3) is 0 Å². The van der Waals surface area contributed by atoms with E-state index in [1.807, 2.05) is 0 Å². The molecule has 0 radical (unpaired) electrons. The quantitative estimate of drug-likeness (QED) is 0.662. The van der Waals surface area contributed by atoms with Gasteiger partial charge in [-0.15, -0.1) is 0 Å². The average Bonchev–Trinajstić information content (AvgIpc) is 2.00. The minimum absolute atomic E-state index is 0.273. The Kier molecular flexibility index (Phi) is 1.63. The van der Waals surface area contributed by atoms with Crippen LogP contribution in [0.15, 0.2) is 18.2 Å². The van der Waals surface area contributed by atoms with Crippen molar-refractivity contribution >= 4 is 0 Å². The molecule has 2 N–H and O–H groups in total. The normalized spacial score (nSPS) is 20.8. The molecule has 0 saturated carbocycles. The molecule has 0 fully saturated rings. The first-order valence-corrected chi connectivity index (χ1v) is 3.94. The fraction of sp³-hybridized carbons (Fsp3) is 0.333. The maximum atomic E-state index is 12.4. The Morgan fingerprint density at radius 3 is 2.46 bits per heavy atom. The average molecular weight is 187 g/mol. The monoisotopic (exact) mass is 187 g/mol. The molecule has 0 spiro atoms. The van der Waals surface area contributed by atoms with E-state index in [1.165, 1.54) is 6.07 Å². The Morgan fingerprint density at radius 1 is 1.31 bits per heavy atom. The molecule has 1 aromatic carbocycles. The largest absolute Gasteiger partial charge is 0.416 e. The molecule has 1 aliphatic rings. The van der Waals surface area contributed by atoms with E-state index in [0.29, 0.717) is 6.42 Å². The highest BCUT2D eigenvalue weighted by Gasteiger charge is 2.38. The summed E-state index contributed by atoms with van der Waals surface area (Å²) in [4.78, 5) is 0. The van der Waals surface area contributed by atoms with Gasteiger partial charge in [0.15, 0.2) is 0 Å². The summed E-state index contributed by atoms with van der Waals surface area (Å²) in [6.45, 7) is 0. The summed E-state index contributed by atoms with van der Waals surface area (Å²) in [5.41, 5.74) is 5.91. The van der Waals surface area contributed by atoms with E-state index in [0.717, 1.165) is 11.6 Å². The fourth-order valence-electron chi connectivity index (χ4n) is 1.68. The number of hydrogen-bond donors (Lipinski definition) is 1. The van der Waals surface area contributed by atoms with Crippen LogP contribution in [-0.4, -0.2) is 0 Å². The second-order valence-corrected chi connectivity index (χ2v) is 3.19. The van der Waals surface area contributed by atoms with Gasteiger partial charge >= 0.3 is 6.18 Å². The third-order valence-electron chi connectivity index (χ3n) is 2.31. The number of halogens is 3. The van der Waals surface area contributed by atoms with Gasteiger partial charge in [-0.2, -0.15) is 13.2 Å². The lowest BCUT2D eigenvalue weighted by molar-refractivity contribution is -0.138. The van der Waals surface area contributed by atoms with Crippen LogP contribution < -0.4 is 5.73 Å². The Balaban J connectivity index is 2.54. The van der Waals surface area contributed by atoms with Crippen LogP contribution in [0.4, 0.5) is 13.2 Å². The van der Waals surface area contributed by atoms with Gasteiger partial charge in [0.1, 0.15) is 0 Å². The van der Waals surface area contributed by atoms with Crippen molar-refractivity contribution < 1.29 is 13.2 Å². The predicted molar refractivity (Wildman–Crippen MR) is 42.1 cm³/mol. The highest BCUT2D eigenvalue weighted by molar-refractivity contribution is 5.46. The summed E-state index contributed by atoms with van der Waals surface area (Å²) in [5.74, 6) is 0. The lowest BCUT2D eigenvalue weighted by Gasteiger charge is -2.30. The number of nitrogens with two attached hydrogens (primary N) is 1. The van der Waals surface area contributed by atoms with Gasteiger partial charge in [0.25, 0.3) is 0 Å². The topological polar surface area (TPSA) is 26.0 Å². The van der Waals surface area contributed by atoms with E-state index in [4.69, 9.17) is 5.73 Å². The van der Waals surface area contributed by atoms with E-state index in [9.17, 15) is 13.2 Å². The summed E-state index contributed by atoms with van der Waals surface area (Å²) >= 11 is 0. The van der Waals surface area contributed by atoms with Crippen molar-refractivity contribution in [3.63, 3.8) is 0 Å². The van der Waals surface area contributed by atoms with Gasteiger partial charge in [-0.05, 0) is 23.6 Å². The zero-order chi connectivity index (χ0) is 9.64. The minimum Gasteiger partial charge on any atom is -0.324 e. The van der Waals surface area contributed by atoms with Gasteiger partial charge in [-0.1, -0.05) is 12.1 Å². The third kappa shape index (κ3) is 1.21. The first kappa shape index (κ1) is 8.56. The molecule has 0 heterocycles. The lowest BCUT2D eigenvalue weighted by Crippen LogP contribution is -2.29. The minimum atomic E-state index is -4.27. The van der Waals surface area contributed by atoms with Gasteiger partial charge < -0.3 is 5.73 Å². The zero-order valence-electron chi connectivity index (χ0n) is 6.73. The highest BCUT2D eigenvalue weighted by atomic mass is 19.4. The van der Waals surface area contributed by atoms with E-state index >= 15 is 0 Å². The van der Waals surface area contributed by atoms with Crippen molar-refractivity contribution in [3.8, 4) is 0 Å². The Bertz CT molecular complexity index is 343. The molecule has 1 aromatic rings. The van der Waals surface area contributed by atoms with Crippen LogP contribution >= 0.6 is 0 Å². The van der Waals surface area contributed by atoms with Crippen LogP contribution in [0, 0.1) is 0 Å². The molecule has 0 amide bonds. The van der Waals surface area contributed by atoms with E-state index in [1.54, 1.807) is 6.07 Å². The van der Waals surface area contributed by atoms with Crippen molar-refractivity contribution in [2.24, 2.45) is 5.73 Å². The third-order valence-corrected chi connectivity index (χ3v) is 2.31. The van der Waals surface area contributed by atoms with E-state index in [2.05, 4.69) is 0 Å². The van der Waals surface area contributed by atoms with Crippen LogP contribution in [0.1, 0.15) is 22.7 Å². The molecule has 0 saturated heterocycles. The second kappa shape index (κ2) is 2.48. The summed E-state index contributed by atoms with van der Waals surface area (Å²) in [6.07, 6.45) is -3.72. The summed E-state index contributed by atoms with van der Waals surface area (Å²) in [7, 11) is 0. The van der Waals surface area contributed by atoms with Crippen LogP contribution in [0.3, 0.4) is 0 Å². The van der Waals surface area contributed by atoms with Crippen LogP contribution in [0.2, 0.25) is 0 Å². The lowest BCUT2D eigenvalue weighted by atomic mass is 9.80. The SMILES string of the molecule is NC1Cc2cccc(C(F)(F)F)c21. The molecular formula is C9H8F3N. The second-order valence-electron chi connectivity index (χ2n) is 3.19. The summed E-state index contributed by atoms with van der Waals surface area (Å²) in [6, 6.07) is 3.76. The Labute approximate surface area is 73.4 Å². The van der Waals surface area contributed by atoms with Gasteiger partial charge in [0.2, 0.25) is 0 Å². The van der Waals surface area contributed by atoms with Crippen molar-refractivity contribution in [1.82, 2.24) is 0 Å². The van der Waals surface area contributed by atoms with Crippen molar-refractivity contribution in [1.29, 1.82) is 0 Å². The summed E-state index contributed by atoms with van der Waals surface area (Å²) in [5, 5.41) is 0. The number of alkyl halides is 3. The number of fused-ring (bicyclic) bond motifs is 1. The molecule has 2 rings (SSSR count). The molecule has 13 heavy (non-hydrogen) atoms. The molecule has 4 heteroatoms. The van der Waals surface area contributed by atoms with Gasteiger partial charge in [-0.3, -0.25) is 0 Å². The smallest absolute Gasteiger partial charge is 0.324 e. The Morgan fingerprint density at radius 2 is 2.00 bits per heavy atom. The molecule has 1 nitrogen and oxygen atoms in total. The maximum Gasteiger partial charge on any atom is 0.416 e. The number of hydrogen-bond acceptors (Lipinski definition) is 1. The zero-order valence-corrected chi connectivity index (χ0v) is 6.73. The first-order chi connectivity index (χ1) is 6.00. The van der Waals surface area contributed by atoms with Crippen LogP contribution in [-0.2, 0) is 12.6 Å². The Hall–Kier alpha value is -1.03. The van der Waals surface area contributed by atoms with Crippen molar-refractivity contribution in [3.05, 3.63) is 34.9 Å². The fourth-order valence-corrected chi connectivity index (χ4v) is 1.68. The van der Waals surface area contributed by atoms with E-state index < -0.39 is 17.8 Å². The molecule has 1 unspecified atom stereocenters. The van der Waals surface area contributed by atoms with Crippen molar-refractivity contribution in [2.75, 3.05) is 0 Å². The highest BCUT2D eigenvalue weighted by Crippen LogP contribution is 2.41. The molecule has 1 aliphatic carbocycles. The molecule has 0 bridgehead atoms. The van der Waals surface area contributed by atoms with Gasteiger partial charge in [-0.25, -0.2) is 0 Å². The maximum absolute atomic E-state index is 12.4. The van der Waals surface area contributed by atoms with Crippen molar-refractivity contribution in [2.45, 2.75) is 18.6 Å². The number of benzene rings is 1. The molecular weight excluding hydrogens is 179 g/mol. The van der Waals surface area contributed by atoms with Gasteiger partial charge in [0.05, 0.1) is 5.56 Å². The van der Waals surface area contributed by atoms with E-state index in [-0.39, 0.29) is 5.56 Å². The first-order valence-electron chi connectivity index (χ1n) is 3.94. The van der Waals surface area contributed by atoms with Gasteiger partial charge in [0, 0.05) is 6.04 Å². The molecule has 0 aliphatic heterocycles. The molecule has 70 valence electrons. The summed E-state index contributed by atoms with van der Waals surface area (Å²) < 4.78 is 37.1. The predicted octanol–water partition coefficient (Wildman–Crippen LogP) is 2.26. The van der Waals surface area contributed by atoms with Crippen LogP contribution in [0.5, 0.6) is 0 Å². The molecule has 0 aromatic heterocycles. The number of rotatable bonds is 0.